The van der Waals surface area contributed by atoms with E-state index in [0.29, 0.717) is 19.2 Å². The van der Waals surface area contributed by atoms with Gasteiger partial charge in [-0.2, -0.15) is 0 Å². The Bertz CT molecular complexity index is 277. The third-order valence-electron chi connectivity index (χ3n) is 3.29. The summed E-state index contributed by atoms with van der Waals surface area (Å²) in [5, 5.41) is 0. The Balaban J connectivity index is 4.19. The summed E-state index contributed by atoms with van der Waals surface area (Å²) in [4.78, 5) is 0. The Labute approximate surface area is 143 Å². The van der Waals surface area contributed by atoms with Crippen molar-refractivity contribution in [2.45, 2.75) is 85.5 Å². The molecule has 0 fully saturated rings. The zero-order valence-electron chi connectivity index (χ0n) is 15.8. The van der Waals surface area contributed by atoms with Gasteiger partial charge in [-0.1, -0.05) is 53.4 Å². The number of ether oxygens (including phenoxy) is 4. The van der Waals surface area contributed by atoms with Crippen LogP contribution in [0.15, 0.2) is 11.7 Å². The Morgan fingerprint density at radius 2 is 1.30 bits per heavy atom. The standard InChI is InChI=1S/C19H38O4/c1-5-9-10-11-12-16-20-17-23-19(22-15-8-4)18(13-6-2)21-14-7-3/h5-17H2,1-4H3/b19-18-. The van der Waals surface area contributed by atoms with Gasteiger partial charge in [0.2, 0.25) is 0 Å². The van der Waals surface area contributed by atoms with Crippen LogP contribution in [0, 0.1) is 0 Å². The third-order valence-corrected chi connectivity index (χ3v) is 3.29. The van der Waals surface area contributed by atoms with E-state index in [1.807, 2.05) is 0 Å². The fourth-order valence-electron chi connectivity index (χ4n) is 2.04. The van der Waals surface area contributed by atoms with Gasteiger partial charge in [0.15, 0.2) is 12.6 Å². The van der Waals surface area contributed by atoms with Crippen molar-refractivity contribution >= 4 is 0 Å². The van der Waals surface area contributed by atoms with Crippen LogP contribution in [0.5, 0.6) is 0 Å². The normalized spacial score (nSPS) is 12.0. The summed E-state index contributed by atoms with van der Waals surface area (Å²) in [5.41, 5.74) is 0. The quantitative estimate of drug-likeness (QED) is 0.193. The summed E-state index contributed by atoms with van der Waals surface area (Å²) >= 11 is 0. The molecule has 4 heteroatoms. The van der Waals surface area contributed by atoms with E-state index < -0.39 is 0 Å². The first kappa shape index (κ1) is 22.1. The molecule has 0 amide bonds. The second-order valence-corrected chi connectivity index (χ2v) is 5.74. The molecule has 0 atom stereocenters. The van der Waals surface area contributed by atoms with Crippen molar-refractivity contribution in [1.82, 2.24) is 0 Å². The Hall–Kier alpha value is -0.900. The van der Waals surface area contributed by atoms with Crippen LogP contribution in [0.25, 0.3) is 0 Å². The maximum Gasteiger partial charge on any atom is 0.321 e. The van der Waals surface area contributed by atoms with E-state index in [9.17, 15) is 0 Å². The van der Waals surface area contributed by atoms with Crippen LogP contribution < -0.4 is 0 Å². The molecule has 0 aliphatic carbocycles. The summed E-state index contributed by atoms with van der Waals surface area (Å²) < 4.78 is 22.8. The van der Waals surface area contributed by atoms with Gasteiger partial charge in [0.25, 0.3) is 0 Å². The van der Waals surface area contributed by atoms with Gasteiger partial charge >= 0.3 is 5.95 Å². The van der Waals surface area contributed by atoms with Gasteiger partial charge in [-0.15, -0.1) is 0 Å². The predicted octanol–water partition coefficient (Wildman–Crippen LogP) is 5.77. The average Bonchev–Trinajstić information content (AvgIpc) is 2.57. The molecule has 4 nitrogen and oxygen atoms in total. The fourth-order valence-corrected chi connectivity index (χ4v) is 2.04. The maximum absolute atomic E-state index is 5.79. The highest BCUT2D eigenvalue weighted by Crippen LogP contribution is 2.16. The highest BCUT2D eigenvalue weighted by molar-refractivity contribution is 4.95. The molecule has 0 aromatic rings. The first-order valence-electron chi connectivity index (χ1n) is 9.49. The van der Waals surface area contributed by atoms with E-state index in [4.69, 9.17) is 18.9 Å². The van der Waals surface area contributed by atoms with Crippen molar-refractivity contribution < 1.29 is 18.9 Å². The molecule has 23 heavy (non-hydrogen) atoms. The van der Waals surface area contributed by atoms with E-state index in [0.717, 1.165) is 44.5 Å². The summed E-state index contributed by atoms with van der Waals surface area (Å²) in [6.07, 6.45) is 9.93. The highest BCUT2D eigenvalue weighted by atomic mass is 16.7. The minimum Gasteiger partial charge on any atom is -0.491 e. The second kappa shape index (κ2) is 17.5. The molecule has 0 aliphatic rings. The highest BCUT2D eigenvalue weighted by Gasteiger charge is 2.11. The molecular weight excluding hydrogens is 292 g/mol. The summed E-state index contributed by atoms with van der Waals surface area (Å²) in [5.74, 6) is 1.32. The number of hydrogen-bond acceptors (Lipinski definition) is 4. The molecule has 0 saturated carbocycles. The van der Waals surface area contributed by atoms with Gasteiger partial charge in [0.05, 0.1) is 19.8 Å². The molecule has 0 saturated heterocycles. The zero-order chi connectivity index (χ0) is 17.2. The molecule has 0 aromatic carbocycles. The van der Waals surface area contributed by atoms with Crippen molar-refractivity contribution in [1.29, 1.82) is 0 Å². The monoisotopic (exact) mass is 330 g/mol. The summed E-state index contributed by atoms with van der Waals surface area (Å²) in [6.45, 7) is 10.8. The minimum atomic E-state index is 0.232. The van der Waals surface area contributed by atoms with E-state index in [2.05, 4.69) is 27.7 Å². The largest absolute Gasteiger partial charge is 0.491 e. The summed E-state index contributed by atoms with van der Waals surface area (Å²) in [6, 6.07) is 0. The van der Waals surface area contributed by atoms with Crippen molar-refractivity contribution in [3.8, 4) is 0 Å². The van der Waals surface area contributed by atoms with Crippen molar-refractivity contribution in [3.63, 3.8) is 0 Å². The van der Waals surface area contributed by atoms with Crippen LogP contribution in [0.3, 0.4) is 0 Å². The molecule has 138 valence electrons. The van der Waals surface area contributed by atoms with E-state index in [-0.39, 0.29) is 6.79 Å². The molecule has 0 unspecified atom stereocenters. The molecule has 0 N–H and O–H groups in total. The molecule has 0 aliphatic heterocycles. The van der Waals surface area contributed by atoms with E-state index >= 15 is 0 Å². The van der Waals surface area contributed by atoms with Crippen LogP contribution in [0.1, 0.15) is 85.5 Å². The molecular formula is C19H38O4. The first-order valence-corrected chi connectivity index (χ1v) is 9.49. The molecule has 0 rings (SSSR count). The number of unbranched alkanes of at least 4 members (excludes halogenated alkanes) is 4. The molecule has 0 heterocycles. The van der Waals surface area contributed by atoms with Gasteiger partial charge in [0.1, 0.15) is 0 Å². The lowest BCUT2D eigenvalue weighted by Gasteiger charge is -2.17. The van der Waals surface area contributed by atoms with E-state index in [1.165, 1.54) is 25.7 Å². The van der Waals surface area contributed by atoms with Crippen LogP contribution in [-0.2, 0) is 18.9 Å². The Morgan fingerprint density at radius 1 is 0.609 bits per heavy atom. The van der Waals surface area contributed by atoms with Crippen LogP contribution in [0.2, 0.25) is 0 Å². The number of allylic oxidation sites excluding steroid dienone is 1. The first-order chi connectivity index (χ1) is 11.3. The van der Waals surface area contributed by atoms with Crippen molar-refractivity contribution in [2.24, 2.45) is 0 Å². The van der Waals surface area contributed by atoms with Gasteiger partial charge in [-0.3, -0.25) is 0 Å². The third kappa shape index (κ3) is 13.3. The van der Waals surface area contributed by atoms with E-state index in [1.54, 1.807) is 0 Å². The fraction of sp³-hybridized carbons (Fsp3) is 0.895. The lowest BCUT2D eigenvalue weighted by molar-refractivity contribution is -0.0840. The smallest absolute Gasteiger partial charge is 0.321 e. The number of rotatable bonds is 17. The topological polar surface area (TPSA) is 36.9 Å². The van der Waals surface area contributed by atoms with Crippen LogP contribution >= 0.6 is 0 Å². The lowest BCUT2D eigenvalue weighted by atomic mass is 10.2. The van der Waals surface area contributed by atoms with Gasteiger partial charge < -0.3 is 18.9 Å². The van der Waals surface area contributed by atoms with Crippen LogP contribution in [-0.4, -0.2) is 26.6 Å². The van der Waals surface area contributed by atoms with Gasteiger partial charge in [-0.05, 0) is 25.7 Å². The minimum absolute atomic E-state index is 0.232. The SMILES string of the molecule is CCCCCCCOCO/C(OCCC)=C(/CCC)OCCC. The van der Waals surface area contributed by atoms with Gasteiger partial charge in [-0.25, -0.2) is 0 Å². The second-order valence-electron chi connectivity index (χ2n) is 5.74. The number of hydrogen-bond donors (Lipinski definition) is 0. The molecule has 0 spiro atoms. The van der Waals surface area contributed by atoms with Gasteiger partial charge in [0, 0.05) is 6.42 Å². The Morgan fingerprint density at radius 3 is 1.96 bits per heavy atom. The van der Waals surface area contributed by atoms with Crippen LogP contribution in [0.4, 0.5) is 0 Å². The molecule has 0 bridgehead atoms. The van der Waals surface area contributed by atoms with Crippen molar-refractivity contribution in [3.05, 3.63) is 11.7 Å². The zero-order valence-corrected chi connectivity index (χ0v) is 15.8. The average molecular weight is 331 g/mol. The predicted molar refractivity (Wildman–Crippen MR) is 95.1 cm³/mol. The van der Waals surface area contributed by atoms with Crippen molar-refractivity contribution in [2.75, 3.05) is 26.6 Å². The lowest BCUT2D eigenvalue weighted by Crippen LogP contribution is -2.10. The Kier molecular flexibility index (Phi) is 16.8. The maximum atomic E-state index is 5.79. The molecule has 0 aromatic heterocycles. The molecule has 0 radical (unpaired) electrons. The summed E-state index contributed by atoms with van der Waals surface area (Å²) in [7, 11) is 0.